The Labute approximate surface area is 177 Å². The van der Waals surface area contributed by atoms with Crippen molar-refractivity contribution in [1.82, 2.24) is 15.2 Å². The van der Waals surface area contributed by atoms with Crippen molar-refractivity contribution >= 4 is 22.4 Å². The highest BCUT2D eigenvalue weighted by molar-refractivity contribution is 5.92. The summed E-state index contributed by atoms with van der Waals surface area (Å²) in [7, 11) is 0. The van der Waals surface area contributed by atoms with Gasteiger partial charge in [-0.1, -0.05) is 18.2 Å². The number of alkyl halides is 2. The van der Waals surface area contributed by atoms with Crippen molar-refractivity contribution in [2.75, 3.05) is 23.4 Å². The number of morpholine rings is 1. The summed E-state index contributed by atoms with van der Waals surface area (Å²) in [5.41, 5.74) is 1.87. The molecule has 2 aliphatic rings. The number of anilines is 2. The van der Waals surface area contributed by atoms with Crippen molar-refractivity contribution in [2.24, 2.45) is 0 Å². The number of aromatic nitrogens is 3. The zero-order valence-electron chi connectivity index (χ0n) is 17.1. The Morgan fingerprint density at radius 3 is 2.74 bits per heavy atom. The number of nitrogens with zero attached hydrogens (tertiary/aromatic N) is 4. The first-order chi connectivity index (χ1) is 14.9. The van der Waals surface area contributed by atoms with E-state index in [2.05, 4.69) is 25.4 Å². The Morgan fingerprint density at radius 1 is 1.23 bits per heavy atom. The molecule has 2 aliphatic heterocycles. The van der Waals surface area contributed by atoms with Crippen LogP contribution in [0.4, 0.5) is 24.7 Å². The minimum absolute atomic E-state index is 0.145. The number of rotatable bonds is 5. The summed E-state index contributed by atoms with van der Waals surface area (Å²) in [6.45, 7) is 5.06. The molecule has 0 radical (unpaired) electrons. The van der Waals surface area contributed by atoms with Crippen molar-refractivity contribution in [3.8, 4) is 0 Å². The Morgan fingerprint density at radius 2 is 2.03 bits per heavy atom. The fraction of sp³-hybridized carbons (Fsp3) is 0.409. The number of hydrogen-bond donors (Lipinski definition) is 1. The van der Waals surface area contributed by atoms with Crippen LogP contribution in [0.15, 0.2) is 30.5 Å². The zero-order chi connectivity index (χ0) is 21.7. The first-order valence-corrected chi connectivity index (χ1v) is 10.3. The quantitative estimate of drug-likeness (QED) is 0.642. The molecule has 1 N–H and O–H groups in total. The summed E-state index contributed by atoms with van der Waals surface area (Å²) >= 11 is 0. The van der Waals surface area contributed by atoms with E-state index in [4.69, 9.17) is 4.74 Å². The van der Waals surface area contributed by atoms with Gasteiger partial charge in [0.2, 0.25) is 0 Å². The maximum Gasteiger partial charge on any atom is 0.266 e. The number of hydrogen-bond acceptors (Lipinski definition) is 6. The van der Waals surface area contributed by atoms with Crippen LogP contribution < -0.4 is 10.2 Å². The highest BCUT2D eigenvalue weighted by Crippen LogP contribution is 2.35. The van der Waals surface area contributed by atoms with E-state index < -0.39 is 23.8 Å². The smallest absolute Gasteiger partial charge is 0.266 e. The van der Waals surface area contributed by atoms with Gasteiger partial charge in [0, 0.05) is 17.5 Å². The largest absolute Gasteiger partial charge is 0.374 e. The van der Waals surface area contributed by atoms with Crippen LogP contribution >= 0.6 is 0 Å². The molecule has 6 nitrogen and oxygen atoms in total. The molecule has 0 saturated carbocycles. The average Bonchev–Trinajstić information content (AvgIpc) is 3.39. The summed E-state index contributed by atoms with van der Waals surface area (Å²) < 4.78 is 46.5. The van der Waals surface area contributed by atoms with E-state index in [9.17, 15) is 13.2 Å². The number of aryl methyl sites for hydroxylation is 1. The molecule has 3 atom stereocenters. The van der Waals surface area contributed by atoms with Crippen LogP contribution in [0.1, 0.15) is 42.6 Å². The van der Waals surface area contributed by atoms with Gasteiger partial charge in [0.1, 0.15) is 5.82 Å². The summed E-state index contributed by atoms with van der Waals surface area (Å²) in [6.07, 6.45) is 0.212. The topological polar surface area (TPSA) is 63.2 Å². The first-order valence-electron chi connectivity index (χ1n) is 10.3. The van der Waals surface area contributed by atoms with Gasteiger partial charge < -0.3 is 15.0 Å². The van der Waals surface area contributed by atoms with Gasteiger partial charge in [-0.15, -0.1) is 5.10 Å². The fourth-order valence-corrected chi connectivity index (χ4v) is 4.48. The van der Waals surface area contributed by atoms with Gasteiger partial charge in [-0.3, -0.25) is 4.98 Å². The lowest BCUT2D eigenvalue weighted by atomic mass is 10.0. The normalized spacial score (nSPS) is 21.3. The van der Waals surface area contributed by atoms with Gasteiger partial charge in [-0.25, -0.2) is 13.2 Å². The lowest BCUT2D eigenvalue weighted by molar-refractivity contribution is 0.0991. The molecule has 31 heavy (non-hydrogen) atoms. The molecular formula is C22H22F3N5O. The molecule has 2 saturated heterocycles. The number of halogens is 3. The minimum atomic E-state index is -2.88. The monoisotopic (exact) mass is 429 g/mol. The van der Waals surface area contributed by atoms with Crippen LogP contribution in [0.2, 0.25) is 0 Å². The number of ether oxygens (including phenoxy) is 1. The number of fused-ring (bicyclic) bond motifs is 3. The molecule has 1 unspecified atom stereocenters. The van der Waals surface area contributed by atoms with E-state index in [1.54, 1.807) is 6.92 Å². The van der Waals surface area contributed by atoms with Gasteiger partial charge in [-0.2, -0.15) is 5.10 Å². The molecule has 9 heteroatoms. The second-order valence-electron chi connectivity index (χ2n) is 8.14. The maximum absolute atomic E-state index is 14.6. The van der Waals surface area contributed by atoms with Crippen LogP contribution in [-0.2, 0) is 4.74 Å². The van der Waals surface area contributed by atoms with Gasteiger partial charge in [-0.05, 0) is 26.3 Å². The molecule has 2 fully saturated rings. The number of nitrogens with one attached hydrogen (secondary N) is 1. The zero-order valence-corrected chi connectivity index (χ0v) is 17.1. The third kappa shape index (κ3) is 3.46. The van der Waals surface area contributed by atoms with E-state index in [1.807, 2.05) is 19.2 Å². The van der Waals surface area contributed by atoms with E-state index in [0.717, 1.165) is 30.1 Å². The van der Waals surface area contributed by atoms with E-state index in [0.29, 0.717) is 29.7 Å². The summed E-state index contributed by atoms with van der Waals surface area (Å²) in [4.78, 5) is 6.89. The predicted molar refractivity (Wildman–Crippen MR) is 111 cm³/mol. The standard InChI is InChI=1S/C22H22F3N5O/c1-11(16-4-3-5-17(19(16)23)21(24)25)27-22-18-7-13(8-26-20(18)12(2)28-29-22)30-9-15-6-14(30)10-31-15/h3-5,7-8,11,14-15,21H,6,9-10H2,1-2H3,(H,27,29)/t11?,14-,15-/m1/s1. The van der Waals surface area contributed by atoms with Crippen LogP contribution in [0, 0.1) is 12.7 Å². The van der Waals surface area contributed by atoms with Gasteiger partial charge in [0.25, 0.3) is 6.43 Å². The Hall–Kier alpha value is -2.94. The molecule has 2 aromatic heterocycles. The lowest BCUT2D eigenvalue weighted by Crippen LogP contribution is -2.36. The molecule has 3 aromatic rings. The third-order valence-electron chi connectivity index (χ3n) is 6.12. The van der Waals surface area contributed by atoms with E-state index in [-0.39, 0.29) is 11.7 Å². The summed E-state index contributed by atoms with van der Waals surface area (Å²) in [5, 5.41) is 12.3. The van der Waals surface area contributed by atoms with Crippen LogP contribution in [-0.4, -0.2) is 40.5 Å². The highest BCUT2D eigenvalue weighted by atomic mass is 19.3. The summed E-state index contributed by atoms with van der Waals surface area (Å²) in [6, 6.07) is 5.77. The number of benzene rings is 1. The molecule has 0 amide bonds. The van der Waals surface area contributed by atoms with Gasteiger partial charge in [0.15, 0.2) is 5.82 Å². The third-order valence-corrected chi connectivity index (χ3v) is 6.12. The van der Waals surface area contributed by atoms with E-state index >= 15 is 0 Å². The molecule has 4 heterocycles. The van der Waals surface area contributed by atoms with Crippen molar-refractivity contribution in [2.45, 2.75) is 44.9 Å². The molecule has 0 aliphatic carbocycles. The molecule has 162 valence electrons. The Balaban J connectivity index is 1.50. The van der Waals surface area contributed by atoms with Crippen LogP contribution in [0.25, 0.3) is 10.9 Å². The Kier molecular flexibility index (Phi) is 4.92. The van der Waals surface area contributed by atoms with Gasteiger partial charge >= 0.3 is 0 Å². The van der Waals surface area contributed by atoms with Crippen LogP contribution in [0.5, 0.6) is 0 Å². The SMILES string of the molecule is Cc1nnc(NC(C)c2cccc(C(F)F)c2F)c2cc(N3C[C@H]4C[C@@H]3CO4)cnc12. The first kappa shape index (κ1) is 20.0. The predicted octanol–water partition coefficient (Wildman–Crippen LogP) is 4.56. The van der Waals surface area contributed by atoms with Gasteiger partial charge in [0.05, 0.1) is 53.5 Å². The highest BCUT2D eigenvalue weighted by Gasteiger charge is 2.39. The average molecular weight is 429 g/mol. The summed E-state index contributed by atoms with van der Waals surface area (Å²) in [5.74, 6) is -0.473. The van der Waals surface area contributed by atoms with Crippen molar-refractivity contribution < 1.29 is 17.9 Å². The Bertz CT molecular complexity index is 1140. The van der Waals surface area contributed by atoms with Crippen molar-refractivity contribution in [1.29, 1.82) is 0 Å². The molecule has 5 rings (SSSR count). The van der Waals surface area contributed by atoms with Crippen molar-refractivity contribution in [3.63, 3.8) is 0 Å². The van der Waals surface area contributed by atoms with Crippen molar-refractivity contribution in [3.05, 3.63) is 53.1 Å². The molecular weight excluding hydrogens is 407 g/mol. The lowest BCUT2D eigenvalue weighted by Gasteiger charge is -2.29. The molecule has 1 aromatic carbocycles. The minimum Gasteiger partial charge on any atom is -0.374 e. The second-order valence-corrected chi connectivity index (χ2v) is 8.14. The van der Waals surface area contributed by atoms with E-state index in [1.165, 1.54) is 12.1 Å². The number of pyridine rings is 1. The molecule has 2 bridgehead atoms. The molecule has 0 spiro atoms. The van der Waals surface area contributed by atoms with Crippen LogP contribution in [0.3, 0.4) is 0 Å². The second kappa shape index (κ2) is 7.64. The maximum atomic E-state index is 14.6. The fourth-order valence-electron chi connectivity index (χ4n) is 4.48.